The van der Waals surface area contributed by atoms with Gasteiger partial charge >= 0.3 is 0 Å². The van der Waals surface area contributed by atoms with E-state index in [1.165, 1.54) is 11.8 Å². The molecule has 7 heteroatoms. The number of carbonyl (C=O) groups is 2. The van der Waals surface area contributed by atoms with Crippen LogP contribution in [0.1, 0.15) is 6.42 Å². The lowest BCUT2D eigenvalue weighted by Crippen LogP contribution is -2.28. The molecule has 25 heavy (non-hydrogen) atoms. The summed E-state index contributed by atoms with van der Waals surface area (Å²) in [5, 5.41) is 5.50. The number of methoxy groups -OCH3 is 1. The number of ether oxygens (including phenoxy) is 1. The van der Waals surface area contributed by atoms with E-state index in [2.05, 4.69) is 15.6 Å². The van der Waals surface area contributed by atoms with Gasteiger partial charge in [-0.25, -0.2) is 4.99 Å². The largest absolute Gasteiger partial charge is 0.497 e. The Balaban J connectivity index is 1.60. The fraction of sp³-hybridized carbons (Fsp3) is 0.167. The first-order chi connectivity index (χ1) is 12.1. The summed E-state index contributed by atoms with van der Waals surface area (Å²) in [5.41, 5.74) is 1.42. The van der Waals surface area contributed by atoms with Crippen LogP contribution < -0.4 is 15.4 Å². The van der Waals surface area contributed by atoms with Crippen LogP contribution in [0.15, 0.2) is 59.6 Å². The van der Waals surface area contributed by atoms with Crippen molar-refractivity contribution in [3.63, 3.8) is 0 Å². The van der Waals surface area contributed by atoms with Gasteiger partial charge in [-0.1, -0.05) is 30.0 Å². The van der Waals surface area contributed by atoms with Crippen molar-refractivity contribution in [2.24, 2.45) is 4.99 Å². The number of para-hydroxylation sites is 1. The number of amides is 2. The number of aliphatic imine (C=N–C) groups is 1. The molecule has 1 saturated heterocycles. The Morgan fingerprint density at radius 3 is 2.60 bits per heavy atom. The van der Waals surface area contributed by atoms with Crippen LogP contribution in [0.2, 0.25) is 0 Å². The van der Waals surface area contributed by atoms with E-state index in [4.69, 9.17) is 4.74 Å². The molecule has 6 nitrogen and oxygen atoms in total. The van der Waals surface area contributed by atoms with Gasteiger partial charge in [-0.15, -0.1) is 0 Å². The third-order valence-electron chi connectivity index (χ3n) is 3.51. The normalized spacial score (nSPS) is 18.0. The van der Waals surface area contributed by atoms with E-state index in [0.29, 0.717) is 16.5 Å². The molecule has 1 heterocycles. The van der Waals surface area contributed by atoms with E-state index in [-0.39, 0.29) is 18.2 Å². The van der Waals surface area contributed by atoms with Gasteiger partial charge in [0.1, 0.15) is 11.0 Å². The molecule has 0 bridgehead atoms. The first kappa shape index (κ1) is 17.0. The standard InChI is InChI=1S/C18H17N3O3S/c1-24-14-9-7-13(8-10-14)20-18-21-17(23)15(25-18)11-16(22)19-12-5-3-2-4-6-12/h2-10,15H,11H2,1H3,(H,19,22)(H,20,21,23)/t15-/m1/s1. The molecule has 1 aliphatic rings. The molecule has 0 spiro atoms. The molecule has 0 unspecified atom stereocenters. The summed E-state index contributed by atoms with van der Waals surface area (Å²) in [7, 11) is 1.60. The van der Waals surface area contributed by atoms with Crippen LogP contribution in [-0.2, 0) is 9.59 Å². The first-order valence-corrected chi connectivity index (χ1v) is 8.57. The van der Waals surface area contributed by atoms with Crippen LogP contribution >= 0.6 is 11.8 Å². The average molecular weight is 355 g/mol. The second-order valence-corrected chi connectivity index (χ2v) is 6.52. The second-order valence-electron chi connectivity index (χ2n) is 5.33. The van der Waals surface area contributed by atoms with E-state index in [0.717, 1.165) is 5.75 Å². The minimum absolute atomic E-state index is 0.0903. The van der Waals surface area contributed by atoms with Gasteiger partial charge in [0.05, 0.1) is 12.8 Å². The maximum absolute atomic E-state index is 12.1. The number of carbonyl (C=O) groups excluding carboxylic acids is 2. The number of nitrogens with one attached hydrogen (secondary N) is 2. The third-order valence-corrected chi connectivity index (χ3v) is 4.59. The zero-order valence-electron chi connectivity index (χ0n) is 13.6. The van der Waals surface area contributed by atoms with Crippen LogP contribution in [0.3, 0.4) is 0 Å². The molecular formula is C18H17N3O3S. The molecule has 1 fully saturated rings. The zero-order chi connectivity index (χ0) is 17.6. The number of rotatable bonds is 5. The molecule has 0 saturated carbocycles. The lowest BCUT2D eigenvalue weighted by atomic mass is 10.2. The second kappa shape index (κ2) is 7.85. The fourth-order valence-corrected chi connectivity index (χ4v) is 3.26. The minimum Gasteiger partial charge on any atom is -0.497 e. The van der Waals surface area contributed by atoms with Crippen molar-refractivity contribution in [2.45, 2.75) is 11.7 Å². The van der Waals surface area contributed by atoms with Gasteiger partial charge in [0.2, 0.25) is 11.8 Å². The van der Waals surface area contributed by atoms with Gasteiger partial charge in [-0.2, -0.15) is 0 Å². The summed E-state index contributed by atoms with van der Waals surface area (Å²) in [4.78, 5) is 28.5. The maximum Gasteiger partial charge on any atom is 0.240 e. The van der Waals surface area contributed by atoms with Crippen molar-refractivity contribution in [2.75, 3.05) is 12.4 Å². The summed E-state index contributed by atoms with van der Waals surface area (Å²) in [5.74, 6) is 0.326. The average Bonchev–Trinajstić information content (AvgIpc) is 2.95. The summed E-state index contributed by atoms with van der Waals surface area (Å²) in [6.45, 7) is 0. The highest BCUT2D eigenvalue weighted by molar-refractivity contribution is 8.15. The van der Waals surface area contributed by atoms with Crippen LogP contribution in [0.4, 0.5) is 11.4 Å². The monoisotopic (exact) mass is 355 g/mol. The number of anilines is 1. The van der Waals surface area contributed by atoms with Crippen LogP contribution in [0.25, 0.3) is 0 Å². The number of benzene rings is 2. The van der Waals surface area contributed by atoms with Crippen LogP contribution in [0, 0.1) is 0 Å². The van der Waals surface area contributed by atoms with Crippen molar-refractivity contribution in [3.8, 4) is 5.75 Å². The Labute approximate surface area is 149 Å². The number of hydrogen-bond acceptors (Lipinski definition) is 5. The van der Waals surface area contributed by atoms with Gasteiger partial charge in [-0.3, -0.25) is 9.59 Å². The molecule has 2 amide bonds. The van der Waals surface area contributed by atoms with Crippen molar-refractivity contribution in [1.29, 1.82) is 0 Å². The van der Waals surface area contributed by atoms with E-state index in [1.807, 2.05) is 18.2 Å². The molecule has 3 rings (SSSR count). The van der Waals surface area contributed by atoms with E-state index >= 15 is 0 Å². The Bertz CT molecular complexity index is 791. The Kier molecular flexibility index (Phi) is 5.35. The van der Waals surface area contributed by atoms with Gasteiger partial charge in [0, 0.05) is 12.1 Å². The van der Waals surface area contributed by atoms with Crippen molar-refractivity contribution >= 4 is 40.1 Å². The molecule has 0 aromatic heterocycles. The Morgan fingerprint density at radius 2 is 1.92 bits per heavy atom. The Hall–Kier alpha value is -2.80. The molecule has 2 N–H and O–H groups in total. The number of nitrogens with zero attached hydrogens (tertiary/aromatic N) is 1. The molecule has 0 aliphatic carbocycles. The summed E-state index contributed by atoms with van der Waals surface area (Å²) in [6, 6.07) is 16.3. The predicted molar refractivity (Wildman–Crippen MR) is 99.3 cm³/mol. The SMILES string of the molecule is COc1ccc(N=C2NC(=O)[C@@H](CC(=O)Nc3ccccc3)S2)cc1. The minimum atomic E-state index is -0.485. The molecule has 2 aromatic carbocycles. The Morgan fingerprint density at radius 1 is 1.20 bits per heavy atom. The van der Waals surface area contributed by atoms with Gasteiger partial charge in [0.25, 0.3) is 0 Å². The topological polar surface area (TPSA) is 79.8 Å². The highest BCUT2D eigenvalue weighted by Gasteiger charge is 2.32. The van der Waals surface area contributed by atoms with Crippen molar-refractivity contribution < 1.29 is 14.3 Å². The van der Waals surface area contributed by atoms with Crippen molar-refractivity contribution in [1.82, 2.24) is 5.32 Å². The molecular weight excluding hydrogens is 338 g/mol. The molecule has 1 atom stereocenters. The zero-order valence-corrected chi connectivity index (χ0v) is 14.4. The lowest BCUT2D eigenvalue weighted by Gasteiger charge is -2.07. The van der Waals surface area contributed by atoms with Crippen LogP contribution in [-0.4, -0.2) is 29.3 Å². The molecule has 1 aliphatic heterocycles. The smallest absolute Gasteiger partial charge is 0.240 e. The van der Waals surface area contributed by atoms with Gasteiger partial charge in [-0.05, 0) is 36.4 Å². The van der Waals surface area contributed by atoms with E-state index < -0.39 is 5.25 Å². The highest BCUT2D eigenvalue weighted by Crippen LogP contribution is 2.26. The third kappa shape index (κ3) is 4.60. The first-order valence-electron chi connectivity index (χ1n) is 7.69. The summed E-state index contributed by atoms with van der Waals surface area (Å²) >= 11 is 1.26. The maximum atomic E-state index is 12.1. The predicted octanol–water partition coefficient (Wildman–Crippen LogP) is 2.94. The van der Waals surface area contributed by atoms with Gasteiger partial charge in [0.15, 0.2) is 5.17 Å². The number of amidine groups is 1. The quantitative estimate of drug-likeness (QED) is 0.864. The lowest BCUT2D eigenvalue weighted by molar-refractivity contribution is -0.122. The number of thioether (sulfide) groups is 1. The molecule has 0 radical (unpaired) electrons. The fourth-order valence-electron chi connectivity index (χ4n) is 2.27. The number of hydrogen-bond donors (Lipinski definition) is 2. The summed E-state index contributed by atoms with van der Waals surface area (Å²) in [6.07, 6.45) is 0.0903. The summed E-state index contributed by atoms with van der Waals surface area (Å²) < 4.78 is 5.10. The molecule has 128 valence electrons. The molecule has 2 aromatic rings. The van der Waals surface area contributed by atoms with Crippen LogP contribution in [0.5, 0.6) is 5.75 Å². The van der Waals surface area contributed by atoms with Crippen molar-refractivity contribution in [3.05, 3.63) is 54.6 Å². The van der Waals surface area contributed by atoms with E-state index in [9.17, 15) is 9.59 Å². The van der Waals surface area contributed by atoms with E-state index in [1.54, 1.807) is 43.5 Å². The van der Waals surface area contributed by atoms with Gasteiger partial charge < -0.3 is 15.4 Å². The highest BCUT2D eigenvalue weighted by atomic mass is 32.2.